The van der Waals surface area contributed by atoms with Gasteiger partial charge in [-0.1, -0.05) is 19.4 Å². The summed E-state index contributed by atoms with van der Waals surface area (Å²) >= 11 is 0. The van der Waals surface area contributed by atoms with Gasteiger partial charge >= 0.3 is 0 Å². The first-order valence-electron chi connectivity index (χ1n) is 11.2. The largest absolute Gasteiger partial charge is 0.295 e. The lowest BCUT2D eigenvalue weighted by Gasteiger charge is -2.56. The highest BCUT2D eigenvalue weighted by Crippen LogP contribution is 2.65. The molecule has 0 unspecified atom stereocenters. The van der Waals surface area contributed by atoms with E-state index in [4.69, 9.17) is 0 Å². The second-order valence-corrected chi connectivity index (χ2v) is 10.4. The number of aromatic nitrogens is 2. The van der Waals surface area contributed by atoms with Crippen LogP contribution in [0.3, 0.4) is 0 Å². The first-order chi connectivity index (χ1) is 13.7. The fourth-order valence-electron chi connectivity index (χ4n) is 7.20. The number of rotatable bonds is 1. The highest BCUT2D eigenvalue weighted by molar-refractivity contribution is 6.06. The molecule has 5 atom stereocenters. The monoisotopic (exact) mass is 392 g/mol. The molecule has 0 radical (unpaired) electrons. The third-order valence-corrected chi connectivity index (χ3v) is 9.20. The van der Waals surface area contributed by atoms with E-state index in [1.54, 1.807) is 0 Å². The molecule has 29 heavy (non-hydrogen) atoms. The summed E-state index contributed by atoms with van der Waals surface area (Å²) in [7, 11) is 1.95. The molecule has 1 heterocycles. The molecule has 4 heteroatoms. The van der Waals surface area contributed by atoms with E-state index in [2.05, 4.69) is 31.9 Å². The molecule has 5 rings (SSSR count). The van der Waals surface area contributed by atoms with Crippen LogP contribution in [0.15, 0.2) is 23.4 Å². The summed E-state index contributed by atoms with van der Waals surface area (Å²) in [5, 5.41) is 4.34. The van der Waals surface area contributed by atoms with Crippen LogP contribution in [0.4, 0.5) is 0 Å². The van der Waals surface area contributed by atoms with E-state index >= 15 is 0 Å². The summed E-state index contributed by atoms with van der Waals surface area (Å²) in [6.45, 7) is 6.69. The number of ketones is 2. The van der Waals surface area contributed by atoms with Crippen LogP contribution in [-0.4, -0.2) is 21.3 Å². The van der Waals surface area contributed by atoms with Crippen molar-refractivity contribution in [3.05, 3.63) is 34.7 Å². The second-order valence-electron chi connectivity index (χ2n) is 10.4. The quantitative estimate of drug-likeness (QED) is 0.644. The van der Waals surface area contributed by atoms with Gasteiger partial charge in [-0.05, 0) is 86.3 Å². The Bertz CT molecular complexity index is 967. The van der Waals surface area contributed by atoms with Crippen LogP contribution in [0, 0.1) is 35.5 Å². The van der Waals surface area contributed by atoms with Gasteiger partial charge in [0.2, 0.25) is 0 Å². The molecule has 4 aliphatic carbocycles. The zero-order chi connectivity index (χ0) is 20.6. The van der Waals surface area contributed by atoms with Gasteiger partial charge in [-0.25, -0.2) is 0 Å². The number of Topliss-reactive ketones (excluding diaryl/α,β-unsaturated/α-hetero) is 1. The first kappa shape index (κ1) is 19.0. The molecule has 0 aliphatic heterocycles. The van der Waals surface area contributed by atoms with Crippen molar-refractivity contribution >= 4 is 17.6 Å². The topological polar surface area (TPSA) is 52.0 Å². The lowest BCUT2D eigenvalue weighted by molar-refractivity contribution is -0.130. The van der Waals surface area contributed by atoms with Crippen LogP contribution < -0.4 is 0 Å². The van der Waals surface area contributed by atoms with Crippen LogP contribution in [-0.2, 0) is 16.6 Å². The molecule has 0 amide bonds. The fraction of sp³-hybridized carbons (Fsp3) is 0.640. The molecular weight excluding hydrogens is 360 g/mol. The van der Waals surface area contributed by atoms with Gasteiger partial charge in [0.25, 0.3) is 0 Å². The van der Waals surface area contributed by atoms with Crippen molar-refractivity contribution in [2.45, 2.75) is 65.7 Å². The highest BCUT2D eigenvalue weighted by Gasteiger charge is 2.60. The van der Waals surface area contributed by atoms with E-state index in [1.165, 1.54) is 5.57 Å². The SMILES string of the molecule is Cc1c(/C=C2/C[C@@H]3[C@H]4CCC5=CC(=O)CC[C@]5(C)[C@@H]4CC[C@]3(C)C2=O)cnn1C. The predicted octanol–water partition coefficient (Wildman–Crippen LogP) is 4.82. The maximum atomic E-state index is 13.5. The molecule has 3 fully saturated rings. The molecule has 4 nitrogen and oxygen atoms in total. The van der Waals surface area contributed by atoms with Gasteiger partial charge in [0.05, 0.1) is 6.20 Å². The van der Waals surface area contributed by atoms with Crippen molar-refractivity contribution in [1.29, 1.82) is 0 Å². The third-order valence-electron chi connectivity index (χ3n) is 9.20. The summed E-state index contributed by atoms with van der Waals surface area (Å²) in [5.74, 6) is 2.32. The van der Waals surface area contributed by atoms with E-state index in [1.807, 2.05) is 24.0 Å². The Hall–Kier alpha value is -1.97. The standard InChI is InChI=1S/C25H32N2O2/c1-15-17(14-26-27(15)4)11-16-12-22-20-6-5-18-13-19(28)7-9-24(18,2)21(20)8-10-25(22,3)23(16)29/h11,13-14,20-22H,5-10,12H2,1-4H3/b16-11-/t20-,21+,22+,24-,25-/m0/s1. The lowest BCUT2D eigenvalue weighted by atomic mass is 9.47. The number of nitrogens with zero attached hydrogens (tertiary/aromatic N) is 2. The summed E-state index contributed by atoms with van der Waals surface area (Å²) in [6.07, 6.45) is 12.8. The molecule has 0 N–H and O–H groups in total. The Balaban J connectivity index is 1.49. The maximum Gasteiger partial charge on any atom is 0.165 e. The first-order valence-corrected chi connectivity index (χ1v) is 11.2. The normalized spacial score (nSPS) is 40.5. The number of hydrogen-bond donors (Lipinski definition) is 0. The molecule has 4 aliphatic rings. The summed E-state index contributed by atoms with van der Waals surface area (Å²) in [5.41, 5.74) is 4.51. The van der Waals surface area contributed by atoms with Gasteiger partial charge in [-0.15, -0.1) is 0 Å². The van der Waals surface area contributed by atoms with Gasteiger partial charge in [0, 0.05) is 30.1 Å². The van der Waals surface area contributed by atoms with Crippen molar-refractivity contribution in [2.75, 3.05) is 0 Å². The van der Waals surface area contributed by atoms with E-state index in [-0.39, 0.29) is 10.8 Å². The van der Waals surface area contributed by atoms with Gasteiger partial charge in [-0.3, -0.25) is 14.3 Å². The fourth-order valence-corrected chi connectivity index (χ4v) is 7.20. The van der Waals surface area contributed by atoms with Crippen LogP contribution in [0.1, 0.15) is 70.1 Å². The van der Waals surface area contributed by atoms with Gasteiger partial charge in [-0.2, -0.15) is 5.10 Å². The molecule has 154 valence electrons. The van der Waals surface area contributed by atoms with Crippen LogP contribution in [0.2, 0.25) is 0 Å². The van der Waals surface area contributed by atoms with Crippen LogP contribution in [0.5, 0.6) is 0 Å². The van der Waals surface area contributed by atoms with Crippen molar-refractivity contribution in [2.24, 2.45) is 35.6 Å². The highest BCUT2D eigenvalue weighted by atomic mass is 16.1. The van der Waals surface area contributed by atoms with Crippen molar-refractivity contribution < 1.29 is 9.59 Å². The predicted molar refractivity (Wildman–Crippen MR) is 113 cm³/mol. The number of carbonyl (C=O) groups is 2. The average molecular weight is 393 g/mol. The average Bonchev–Trinajstić information content (AvgIpc) is 3.14. The van der Waals surface area contributed by atoms with E-state index in [0.29, 0.717) is 35.7 Å². The molecule has 0 saturated heterocycles. The second kappa shape index (κ2) is 6.26. The van der Waals surface area contributed by atoms with Gasteiger partial charge in [0.1, 0.15) is 0 Å². The van der Waals surface area contributed by atoms with Crippen LogP contribution >= 0.6 is 0 Å². The van der Waals surface area contributed by atoms with Gasteiger partial charge in [0.15, 0.2) is 11.6 Å². The Labute approximate surface area is 173 Å². The Kier molecular flexibility index (Phi) is 4.11. The molecule has 1 aromatic rings. The zero-order valence-corrected chi connectivity index (χ0v) is 18.1. The van der Waals surface area contributed by atoms with E-state index in [0.717, 1.165) is 55.4 Å². The smallest absolute Gasteiger partial charge is 0.165 e. The van der Waals surface area contributed by atoms with Gasteiger partial charge < -0.3 is 0 Å². The number of allylic oxidation sites excluding steroid dienone is 2. The molecule has 0 bridgehead atoms. The number of carbonyl (C=O) groups excluding carboxylic acids is 2. The summed E-state index contributed by atoms with van der Waals surface area (Å²) < 4.78 is 1.87. The van der Waals surface area contributed by atoms with E-state index < -0.39 is 0 Å². The lowest BCUT2D eigenvalue weighted by Crippen LogP contribution is -2.50. The minimum Gasteiger partial charge on any atom is -0.295 e. The Morgan fingerprint density at radius 1 is 1.10 bits per heavy atom. The number of hydrogen-bond acceptors (Lipinski definition) is 3. The molecule has 0 aromatic carbocycles. The molecule has 3 saturated carbocycles. The van der Waals surface area contributed by atoms with Crippen LogP contribution in [0.25, 0.3) is 6.08 Å². The molecule has 1 aromatic heterocycles. The number of aryl methyl sites for hydroxylation is 1. The minimum atomic E-state index is -0.217. The third kappa shape index (κ3) is 2.60. The Morgan fingerprint density at radius 3 is 2.62 bits per heavy atom. The summed E-state index contributed by atoms with van der Waals surface area (Å²) in [6, 6.07) is 0. The van der Waals surface area contributed by atoms with E-state index in [9.17, 15) is 9.59 Å². The Morgan fingerprint density at radius 2 is 1.90 bits per heavy atom. The van der Waals surface area contributed by atoms with Crippen molar-refractivity contribution in [1.82, 2.24) is 9.78 Å². The van der Waals surface area contributed by atoms with Crippen molar-refractivity contribution in [3.63, 3.8) is 0 Å². The molecule has 0 spiro atoms. The maximum absolute atomic E-state index is 13.5. The zero-order valence-electron chi connectivity index (χ0n) is 18.1. The molecular formula is C25H32N2O2. The number of fused-ring (bicyclic) bond motifs is 5. The van der Waals surface area contributed by atoms with Crippen molar-refractivity contribution in [3.8, 4) is 0 Å². The summed E-state index contributed by atoms with van der Waals surface area (Å²) in [4.78, 5) is 25.5. The minimum absolute atomic E-state index is 0.160.